The van der Waals surface area contributed by atoms with Crippen molar-refractivity contribution >= 4 is 17.3 Å². The summed E-state index contributed by atoms with van der Waals surface area (Å²) in [7, 11) is 0. The molecule has 0 spiro atoms. The number of nitrogens with zero attached hydrogens (tertiary/aromatic N) is 1. The van der Waals surface area contributed by atoms with Crippen molar-refractivity contribution in [2.75, 3.05) is 17.2 Å². The van der Waals surface area contributed by atoms with Gasteiger partial charge in [-0.15, -0.1) is 0 Å². The van der Waals surface area contributed by atoms with Crippen LogP contribution in [0, 0.1) is 17.1 Å². The molecule has 0 aliphatic rings. The Morgan fingerprint density at radius 3 is 2.71 bits per heavy atom. The van der Waals surface area contributed by atoms with Crippen LogP contribution in [-0.4, -0.2) is 12.5 Å². The van der Waals surface area contributed by atoms with Crippen LogP contribution in [0.1, 0.15) is 22.8 Å². The third-order valence-electron chi connectivity index (χ3n) is 2.91. The molecule has 0 aromatic heterocycles. The molecule has 21 heavy (non-hydrogen) atoms. The van der Waals surface area contributed by atoms with E-state index in [0.29, 0.717) is 17.8 Å². The maximum atomic E-state index is 13.8. The summed E-state index contributed by atoms with van der Waals surface area (Å²) in [5, 5.41) is 14.5. The number of hydrogen-bond acceptors (Lipinski definition) is 3. The number of nitriles is 1. The van der Waals surface area contributed by atoms with Crippen LogP contribution in [0.2, 0.25) is 0 Å². The van der Waals surface area contributed by atoms with Gasteiger partial charge in [-0.3, -0.25) is 4.79 Å². The second-order valence-electron chi connectivity index (χ2n) is 4.30. The van der Waals surface area contributed by atoms with Crippen molar-refractivity contribution in [1.82, 2.24) is 0 Å². The van der Waals surface area contributed by atoms with Crippen LogP contribution >= 0.6 is 0 Å². The number of para-hydroxylation sites is 2. The molecular weight excluding hydrogens is 269 g/mol. The Bertz CT molecular complexity index is 707. The van der Waals surface area contributed by atoms with Crippen molar-refractivity contribution < 1.29 is 9.18 Å². The molecule has 4 nitrogen and oxygen atoms in total. The first-order chi connectivity index (χ1) is 10.2. The largest absolute Gasteiger partial charge is 0.382 e. The third-order valence-corrected chi connectivity index (χ3v) is 2.91. The first-order valence-corrected chi connectivity index (χ1v) is 6.50. The predicted molar refractivity (Wildman–Crippen MR) is 79.7 cm³/mol. The summed E-state index contributed by atoms with van der Waals surface area (Å²) in [6.07, 6.45) is 0. The van der Waals surface area contributed by atoms with Gasteiger partial charge in [0.1, 0.15) is 11.9 Å². The van der Waals surface area contributed by atoms with Crippen LogP contribution < -0.4 is 10.6 Å². The van der Waals surface area contributed by atoms with Gasteiger partial charge < -0.3 is 10.6 Å². The lowest BCUT2D eigenvalue weighted by molar-refractivity contribution is 0.102. The van der Waals surface area contributed by atoms with E-state index in [0.717, 1.165) is 0 Å². The normalized spacial score (nSPS) is 9.76. The van der Waals surface area contributed by atoms with Crippen LogP contribution in [0.15, 0.2) is 42.5 Å². The molecule has 2 aromatic carbocycles. The minimum absolute atomic E-state index is 0.159. The van der Waals surface area contributed by atoms with Gasteiger partial charge in [-0.1, -0.05) is 18.2 Å². The van der Waals surface area contributed by atoms with Gasteiger partial charge in [0.25, 0.3) is 5.91 Å². The minimum atomic E-state index is -0.488. The summed E-state index contributed by atoms with van der Waals surface area (Å²) in [5.74, 6) is -0.953. The van der Waals surface area contributed by atoms with E-state index in [-0.39, 0.29) is 11.3 Å². The average Bonchev–Trinajstić information content (AvgIpc) is 2.50. The summed E-state index contributed by atoms with van der Waals surface area (Å²) < 4.78 is 13.8. The highest BCUT2D eigenvalue weighted by molar-refractivity contribution is 6.08. The lowest BCUT2D eigenvalue weighted by atomic mass is 10.1. The fraction of sp³-hybridized carbons (Fsp3) is 0.125. The van der Waals surface area contributed by atoms with Crippen LogP contribution in [0.3, 0.4) is 0 Å². The zero-order chi connectivity index (χ0) is 15.2. The lowest BCUT2D eigenvalue weighted by Crippen LogP contribution is -2.16. The Morgan fingerprint density at radius 1 is 1.24 bits per heavy atom. The molecule has 0 saturated heterocycles. The Kier molecular flexibility index (Phi) is 4.52. The molecule has 0 aliphatic heterocycles. The van der Waals surface area contributed by atoms with E-state index >= 15 is 0 Å². The number of hydrogen-bond donors (Lipinski definition) is 2. The highest BCUT2D eigenvalue weighted by atomic mass is 19.1. The molecule has 0 radical (unpaired) electrons. The number of carbonyl (C=O) groups excluding carboxylic acids is 1. The maximum absolute atomic E-state index is 13.8. The van der Waals surface area contributed by atoms with Crippen LogP contribution in [0.5, 0.6) is 0 Å². The van der Waals surface area contributed by atoms with Crippen LogP contribution in [0.4, 0.5) is 15.8 Å². The smallest absolute Gasteiger partial charge is 0.257 e. The number of anilines is 2. The Labute approximate surface area is 122 Å². The number of carbonyl (C=O) groups is 1. The summed E-state index contributed by atoms with van der Waals surface area (Å²) >= 11 is 0. The topological polar surface area (TPSA) is 64.9 Å². The summed E-state index contributed by atoms with van der Waals surface area (Å²) in [4.78, 5) is 12.3. The molecular formula is C16H14FN3O. The summed E-state index contributed by atoms with van der Waals surface area (Å²) in [6.45, 7) is 2.31. The molecule has 2 rings (SSSR count). The molecule has 0 unspecified atom stereocenters. The predicted octanol–water partition coefficient (Wildman–Crippen LogP) is 3.38. The molecule has 2 aromatic rings. The molecule has 0 fully saturated rings. The second kappa shape index (κ2) is 6.53. The van der Waals surface area contributed by atoms with E-state index < -0.39 is 11.7 Å². The van der Waals surface area contributed by atoms with Crippen molar-refractivity contribution in [3.8, 4) is 6.07 Å². The van der Waals surface area contributed by atoms with E-state index in [1.165, 1.54) is 18.2 Å². The lowest BCUT2D eigenvalue weighted by Gasteiger charge is -2.12. The minimum Gasteiger partial charge on any atom is -0.382 e. The Balaban J connectivity index is 2.33. The Morgan fingerprint density at radius 2 is 2.00 bits per heavy atom. The molecule has 0 bridgehead atoms. The monoisotopic (exact) mass is 283 g/mol. The third kappa shape index (κ3) is 3.18. The molecule has 2 N–H and O–H groups in total. The van der Waals surface area contributed by atoms with Crippen molar-refractivity contribution in [3.63, 3.8) is 0 Å². The fourth-order valence-corrected chi connectivity index (χ4v) is 1.95. The first kappa shape index (κ1) is 14.5. The standard InChI is InChI=1S/C16H14FN3O/c1-2-19-15-12(7-5-8-13(15)17)16(21)20-14-9-4-3-6-11(14)10-18/h3-9,19H,2H2,1H3,(H,20,21). The van der Waals surface area contributed by atoms with Gasteiger partial charge in [-0.2, -0.15) is 5.26 Å². The van der Waals surface area contributed by atoms with Gasteiger partial charge in [0.15, 0.2) is 0 Å². The Hall–Kier alpha value is -2.87. The van der Waals surface area contributed by atoms with E-state index in [1.54, 1.807) is 24.3 Å². The van der Waals surface area contributed by atoms with Crippen LogP contribution in [0.25, 0.3) is 0 Å². The van der Waals surface area contributed by atoms with Crippen molar-refractivity contribution in [2.24, 2.45) is 0 Å². The van der Waals surface area contributed by atoms with E-state index in [9.17, 15) is 9.18 Å². The molecule has 5 heteroatoms. The molecule has 0 heterocycles. The molecule has 0 atom stereocenters. The number of benzene rings is 2. The van der Waals surface area contributed by atoms with Gasteiger partial charge in [0.05, 0.1) is 22.5 Å². The average molecular weight is 283 g/mol. The first-order valence-electron chi connectivity index (χ1n) is 6.50. The van der Waals surface area contributed by atoms with Gasteiger partial charge in [-0.05, 0) is 31.2 Å². The number of nitrogens with one attached hydrogen (secondary N) is 2. The summed E-state index contributed by atoms with van der Waals surface area (Å²) in [6, 6.07) is 13.0. The maximum Gasteiger partial charge on any atom is 0.257 e. The highest BCUT2D eigenvalue weighted by Crippen LogP contribution is 2.22. The van der Waals surface area contributed by atoms with E-state index in [4.69, 9.17) is 5.26 Å². The molecule has 0 aliphatic carbocycles. The quantitative estimate of drug-likeness (QED) is 0.904. The highest BCUT2D eigenvalue weighted by Gasteiger charge is 2.15. The van der Waals surface area contributed by atoms with Gasteiger partial charge in [0, 0.05) is 6.54 Å². The molecule has 0 saturated carbocycles. The van der Waals surface area contributed by atoms with Crippen molar-refractivity contribution in [3.05, 3.63) is 59.4 Å². The molecule has 106 valence electrons. The number of rotatable bonds is 4. The van der Waals surface area contributed by atoms with Gasteiger partial charge in [-0.25, -0.2) is 4.39 Å². The van der Waals surface area contributed by atoms with E-state index in [2.05, 4.69) is 10.6 Å². The molecule has 1 amide bonds. The van der Waals surface area contributed by atoms with Crippen LogP contribution in [-0.2, 0) is 0 Å². The fourth-order valence-electron chi connectivity index (χ4n) is 1.95. The SMILES string of the molecule is CCNc1c(F)cccc1C(=O)Nc1ccccc1C#N. The summed E-state index contributed by atoms with van der Waals surface area (Å²) in [5.41, 5.74) is 1.11. The van der Waals surface area contributed by atoms with E-state index in [1.807, 2.05) is 13.0 Å². The zero-order valence-electron chi connectivity index (χ0n) is 11.5. The van der Waals surface area contributed by atoms with Crippen molar-refractivity contribution in [2.45, 2.75) is 6.92 Å². The van der Waals surface area contributed by atoms with Crippen molar-refractivity contribution in [1.29, 1.82) is 5.26 Å². The number of halogens is 1. The number of amides is 1. The van der Waals surface area contributed by atoms with Gasteiger partial charge >= 0.3 is 0 Å². The zero-order valence-corrected chi connectivity index (χ0v) is 11.5. The van der Waals surface area contributed by atoms with Gasteiger partial charge in [0.2, 0.25) is 0 Å². The second-order valence-corrected chi connectivity index (χ2v) is 4.30.